The normalized spacial score (nSPS) is 9.80. The Labute approximate surface area is 149 Å². The molecule has 2 rings (SSSR count). The molecule has 0 unspecified atom stereocenters. The maximum absolute atomic E-state index is 11.8. The van der Waals surface area contributed by atoms with E-state index in [1.54, 1.807) is 12.1 Å². The number of rotatable bonds is 6. The second-order valence-corrected chi connectivity index (χ2v) is 5.53. The first-order chi connectivity index (χ1) is 12.0. The first kappa shape index (κ1) is 18.3. The van der Waals surface area contributed by atoms with Crippen LogP contribution in [0.15, 0.2) is 42.5 Å². The molecular weight excluding hydrogens is 344 g/mol. The third-order valence-electron chi connectivity index (χ3n) is 3.08. The summed E-state index contributed by atoms with van der Waals surface area (Å²) in [6.07, 6.45) is 0. The fraction of sp³-hybridized carbons (Fsp3) is 0.167. The van der Waals surface area contributed by atoms with Crippen LogP contribution in [0.25, 0.3) is 0 Å². The summed E-state index contributed by atoms with van der Waals surface area (Å²) in [6, 6.07) is 13.6. The molecule has 0 saturated heterocycles. The molecule has 2 aromatic carbocycles. The number of ether oxygens (including phenoxy) is 2. The molecule has 7 heteroatoms. The number of nitriles is 1. The Morgan fingerprint density at radius 2 is 2.00 bits per heavy atom. The maximum atomic E-state index is 11.8. The van der Waals surface area contributed by atoms with Gasteiger partial charge in [0.1, 0.15) is 11.8 Å². The molecule has 25 heavy (non-hydrogen) atoms. The lowest BCUT2D eigenvalue weighted by Gasteiger charge is -2.08. The molecule has 0 spiro atoms. The number of nitrogens with zero attached hydrogens (tertiary/aromatic N) is 1. The van der Waals surface area contributed by atoms with Crippen molar-refractivity contribution in [1.82, 2.24) is 0 Å². The minimum atomic E-state index is -0.658. The molecule has 0 fully saturated rings. The van der Waals surface area contributed by atoms with Crippen molar-refractivity contribution in [1.29, 1.82) is 5.26 Å². The summed E-state index contributed by atoms with van der Waals surface area (Å²) < 4.78 is 10.1. The summed E-state index contributed by atoms with van der Waals surface area (Å²) in [5.74, 6) is -0.632. The van der Waals surface area contributed by atoms with Gasteiger partial charge in [-0.05, 0) is 42.8 Å². The first-order valence-electron chi connectivity index (χ1n) is 7.32. The fourth-order valence-corrected chi connectivity index (χ4v) is 2.14. The second kappa shape index (κ2) is 8.71. The second-order valence-electron chi connectivity index (χ2n) is 5.12. The zero-order valence-corrected chi connectivity index (χ0v) is 14.2. The van der Waals surface area contributed by atoms with Crippen molar-refractivity contribution in [3.8, 4) is 11.8 Å². The number of amides is 1. The van der Waals surface area contributed by atoms with Gasteiger partial charge in [-0.15, -0.1) is 0 Å². The van der Waals surface area contributed by atoms with Crippen molar-refractivity contribution in [3.05, 3.63) is 58.6 Å². The molecule has 2 aromatic rings. The van der Waals surface area contributed by atoms with E-state index in [0.717, 1.165) is 5.56 Å². The van der Waals surface area contributed by atoms with E-state index in [0.29, 0.717) is 17.0 Å². The summed E-state index contributed by atoms with van der Waals surface area (Å²) in [5.41, 5.74) is 1.71. The van der Waals surface area contributed by atoms with Crippen molar-refractivity contribution >= 4 is 29.2 Å². The summed E-state index contributed by atoms with van der Waals surface area (Å²) in [5, 5.41) is 11.5. The lowest BCUT2D eigenvalue weighted by atomic mass is 10.2. The van der Waals surface area contributed by atoms with Gasteiger partial charge in [0.05, 0.1) is 10.6 Å². The molecule has 1 N–H and O–H groups in total. The molecular formula is C18H15ClN2O4. The van der Waals surface area contributed by atoms with Crippen LogP contribution in [0.2, 0.25) is 5.02 Å². The lowest BCUT2D eigenvalue weighted by molar-refractivity contribution is -0.149. The molecule has 6 nitrogen and oxygen atoms in total. The highest BCUT2D eigenvalue weighted by Crippen LogP contribution is 2.20. The summed E-state index contributed by atoms with van der Waals surface area (Å²) in [4.78, 5) is 23.4. The number of carbonyl (C=O) groups excluding carboxylic acids is 2. The predicted octanol–water partition coefficient (Wildman–Crippen LogP) is 3.08. The molecule has 0 saturated carbocycles. The third-order valence-corrected chi connectivity index (χ3v) is 3.40. The number of halogens is 1. The molecule has 0 aromatic heterocycles. The zero-order valence-electron chi connectivity index (χ0n) is 13.4. The van der Waals surface area contributed by atoms with Crippen LogP contribution in [-0.2, 0) is 14.3 Å². The van der Waals surface area contributed by atoms with Crippen LogP contribution in [0.3, 0.4) is 0 Å². The molecule has 128 valence electrons. The quantitative estimate of drug-likeness (QED) is 0.801. The molecule has 0 radical (unpaired) electrons. The Kier molecular flexibility index (Phi) is 6.38. The van der Waals surface area contributed by atoms with E-state index < -0.39 is 18.5 Å². The van der Waals surface area contributed by atoms with Crippen LogP contribution < -0.4 is 10.1 Å². The van der Waals surface area contributed by atoms with Gasteiger partial charge in [-0.25, -0.2) is 4.79 Å². The maximum Gasteiger partial charge on any atom is 0.344 e. The zero-order chi connectivity index (χ0) is 18.2. The highest BCUT2D eigenvalue weighted by molar-refractivity contribution is 6.32. The van der Waals surface area contributed by atoms with Gasteiger partial charge in [0, 0.05) is 5.69 Å². The average molecular weight is 359 g/mol. The standard InChI is InChI=1S/C18H15ClN2O4/c1-12-3-2-4-15(7-12)24-11-18(23)25-10-17(22)21-14-6-5-13(9-20)16(19)8-14/h2-8H,10-11H2,1H3,(H,21,22). The first-order valence-corrected chi connectivity index (χ1v) is 7.70. The fourth-order valence-electron chi connectivity index (χ4n) is 1.92. The largest absolute Gasteiger partial charge is 0.482 e. The molecule has 0 aliphatic heterocycles. The van der Waals surface area contributed by atoms with Crippen LogP contribution in [0.4, 0.5) is 5.69 Å². The van der Waals surface area contributed by atoms with Gasteiger partial charge >= 0.3 is 5.97 Å². The topological polar surface area (TPSA) is 88.4 Å². The van der Waals surface area contributed by atoms with E-state index in [1.807, 2.05) is 25.1 Å². The van der Waals surface area contributed by atoms with Gasteiger partial charge in [-0.3, -0.25) is 4.79 Å². The van der Waals surface area contributed by atoms with Crippen molar-refractivity contribution in [3.63, 3.8) is 0 Å². The summed E-state index contributed by atoms with van der Waals surface area (Å²) in [7, 11) is 0. The number of aryl methyl sites for hydroxylation is 1. The van der Waals surface area contributed by atoms with Gasteiger partial charge in [0.2, 0.25) is 0 Å². The van der Waals surface area contributed by atoms with Gasteiger partial charge in [-0.2, -0.15) is 5.26 Å². The Balaban J connectivity index is 1.76. The van der Waals surface area contributed by atoms with Crippen molar-refractivity contribution in [2.45, 2.75) is 6.92 Å². The molecule has 0 aliphatic rings. The SMILES string of the molecule is Cc1cccc(OCC(=O)OCC(=O)Nc2ccc(C#N)c(Cl)c2)c1. The number of anilines is 1. The number of hydrogen-bond acceptors (Lipinski definition) is 5. The summed E-state index contributed by atoms with van der Waals surface area (Å²) in [6.45, 7) is 1.16. The third kappa shape index (κ3) is 5.83. The Hall–Kier alpha value is -3.04. The Bertz CT molecular complexity index is 830. The van der Waals surface area contributed by atoms with E-state index in [4.69, 9.17) is 26.3 Å². The Morgan fingerprint density at radius 3 is 2.68 bits per heavy atom. The van der Waals surface area contributed by atoms with Crippen LogP contribution in [-0.4, -0.2) is 25.1 Å². The predicted molar refractivity (Wildman–Crippen MR) is 92.4 cm³/mol. The van der Waals surface area contributed by atoms with E-state index in [-0.39, 0.29) is 11.6 Å². The monoisotopic (exact) mass is 358 g/mol. The summed E-state index contributed by atoms with van der Waals surface area (Å²) >= 11 is 5.88. The molecule has 0 aliphatic carbocycles. The Morgan fingerprint density at radius 1 is 1.20 bits per heavy atom. The van der Waals surface area contributed by atoms with Crippen molar-refractivity contribution < 1.29 is 19.1 Å². The number of nitrogens with one attached hydrogen (secondary N) is 1. The molecule has 1 amide bonds. The number of hydrogen-bond donors (Lipinski definition) is 1. The van der Waals surface area contributed by atoms with Crippen molar-refractivity contribution in [2.75, 3.05) is 18.5 Å². The van der Waals surface area contributed by atoms with E-state index >= 15 is 0 Å². The van der Waals surface area contributed by atoms with E-state index in [9.17, 15) is 9.59 Å². The van der Waals surface area contributed by atoms with Crippen LogP contribution in [0.1, 0.15) is 11.1 Å². The molecule has 0 heterocycles. The smallest absolute Gasteiger partial charge is 0.344 e. The molecule has 0 bridgehead atoms. The van der Waals surface area contributed by atoms with Crippen LogP contribution >= 0.6 is 11.6 Å². The number of esters is 1. The molecule has 0 atom stereocenters. The number of carbonyl (C=O) groups is 2. The van der Waals surface area contributed by atoms with Crippen LogP contribution in [0.5, 0.6) is 5.75 Å². The lowest BCUT2D eigenvalue weighted by Crippen LogP contribution is -2.23. The van der Waals surface area contributed by atoms with Gasteiger partial charge in [-0.1, -0.05) is 23.7 Å². The highest BCUT2D eigenvalue weighted by Gasteiger charge is 2.10. The van der Waals surface area contributed by atoms with Gasteiger partial charge < -0.3 is 14.8 Å². The van der Waals surface area contributed by atoms with Gasteiger partial charge in [0.15, 0.2) is 13.2 Å². The van der Waals surface area contributed by atoms with Crippen molar-refractivity contribution in [2.24, 2.45) is 0 Å². The average Bonchev–Trinajstić information content (AvgIpc) is 2.58. The number of benzene rings is 2. The van der Waals surface area contributed by atoms with E-state index in [2.05, 4.69) is 5.32 Å². The highest BCUT2D eigenvalue weighted by atomic mass is 35.5. The minimum absolute atomic E-state index is 0.226. The van der Waals surface area contributed by atoms with E-state index in [1.165, 1.54) is 18.2 Å². The van der Waals surface area contributed by atoms with Gasteiger partial charge in [0.25, 0.3) is 5.91 Å². The minimum Gasteiger partial charge on any atom is -0.482 e. The van der Waals surface area contributed by atoms with Crippen LogP contribution in [0, 0.1) is 18.3 Å².